The highest BCUT2D eigenvalue weighted by Crippen LogP contribution is 2.27. The smallest absolute Gasteiger partial charge is 0.250 e. The standard InChI is InChI=1S/C11H17NO3S2/c1-8-2-3-9(6-8)12-17(14,15)11-5-4-10(7-13)16-11/h4-5,8-9,12-13H,2-3,6-7H2,1H3. The van der Waals surface area contributed by atoms with Gasteiger partial charge in [0.25, 0.3) is 0 Å². The molecule has 0 aromatic carbocycles. The van der Waals surface area contributed by atoms with Crippen molar-refractivity contribution in [2.75, 3.05) is 0 Å². The van der Waals surface area contributed by atoms with Crippen LogP contribution in [0, 0.1) is 5.92 Å². The van der Waals surface area contributed by atoms with Crippen LogP contribution in [-0.2, 0) is 16.6 Å². The van der Waals surface area contributed by atoms with Gasteiger partial charge in [0.05, 0.1) is 6.61 Å². The average Bonchev–Trinajstić information content (AvgIpc) is 2.86. The molecule has 1 saturated carbocycles. The molecule has 1 aliphatic rings. The molecule has 0 amide bonds. The van der Waals surface area contributed by atoms with E-state index in [-0.39, 0.29) is 12.6 Å². The molecule has 4 nitrogen and oxygen atoms in total. The molecule has 2 atom stereocenters. The molecule has 0 aliphatic heterocycles. The molecule has 0 spiro atoms. The van der Waals surface area contributed by atoms with Crippen LogP contribution in [0.3, 0.4) is 0 Å². The van der Waals surface area contributed by atoms with Gasteiger partial charge in [0.1, 0.15) is 4.21 Å². The molecule has 0 radical (unpaired) electrons. The zero-order valence-electron chi connectivity index (χ0n) is 9.72. The summed E-state index contributed by atoms with van der Waals surface area (Å²) < 4.78 is 27.1. The zero-order valence-corrected chi connectivity index (χ0v) is 11.4. The van der Waals surface area contributed by atoms with E-state index in [4.69, 9.17) is 5.11 Å². The molecule has 1 fully saturated rings. The Morgan fingerprint density at radius 2 is 2.24 bits per heavy atom. The number of hydrogen-bond donors (Lipinski definition) is 2. The summed E-state index contributed by atoms with van der Waals surface area (Å²) in [7, 11) is -3.40. The topological polar surface area (TPSA) is 66.4 Å². The van der Waals surface area contributed by atoms with E-state index in [0.717, 1.165) is 30.6 Å². The zero-order chi connectivity index (χ0) is 12.5. The Balaban J connectivity index is 2.08. The van der Waals surface area contributed by atoms with Gasteiger partial charge < -0.3 is 5.11 Å². The lowest BCUT2D eigenvalue weighted by molar-refractivity contribution is 0.285. The lowest BCUT2D eigenvalue weighted by Crippen LogP contribution is -2.32. The molecule has 2 rings (SSSR count). The van der Waals surface area contributed by atoms with Crippen LogP contribution >= 0.6 is 11.3 Å². The first-order valence-electron chi connectivity index (χ1n) is 5.73. The van der Waals surface area contributed by atoms with Crippen LogP contribution in [0.1, 0.15) is 31.1 Å². The number of aliphatic hydroxyl groups excluding tert-OH is 1. The summed E-state index contributed by atoms with van der Waals surface area (Å²) in [6, 6.07) is 3.27. The van der Waals surface area contributed by atoms with E-state index < -0.39 is 10.0 Å². The van der Waals surface area contributed by atoms with Crippen molar-refractivity contribution in [1.82, 2.24) is 4.72 Å². The van der Waals surface area contributed by atoms with Crippen molar-refractivity contribution in [3.05, 3.63) is 17.0 Å². The van der Waals surface area contributed by atoms with Gasteiger partial charge in [-0.2, -0.15) is 0 Å². The summed E-state index contributed by atoms with van der Waals surface area (Å²) in [5.74, 6) is 0.596. The van der Waals surface area contributed by atoms with Gasteiger partial charge in [-0.3, -0.25) is 0 Å². The molecule has 2 N–H and O–H groups in total. The number of hydrogen-bond acceptors (Lipinski definition) is 4. The van der Waals surface area contributed by atoms with E-state index in [1.807, 2.05) is 0 Å². The van der Waals surface area contributed by atoms with Crippen molar-refractivity contribution >= 4 is 21.4 Å². The normalized spacial score (nSPS) is 25.3. The second-order valence-corrected chi connectivity index (χ2v) is 7.72. The summed E-state index contributed by atoms with van der Waals surface area (Å²) in [5.41, 5.74) is 0. The Kier molecular flexibility index (Phi) is 3.87. The SMILES string of the molecule is CC1CCC(NS(=O)(=O)c2ccc(CO)s2)C1. The third-order valence-electron chi connectivity index (χ3n) is 3.07. The highest BCUT2D eigenvalue weighted by atomic mass is 32.2. The molecule has 17 heavy (non-hydrogen) atoms. The molecular weight excluding hydrogens is 258 g/mol. The summed E-state index contributed by atoms with van der Waals surface area (Å²) in [6.07, 6.45) is 2.91. The van der Waals surface area contributed by atoms with E-state index >= 15 is 0 Å². The summed E-state index contributed by atoms with van der Waals surface area (Å²) >= 11 is 1.12. The maximum atomic E-state index is 12.0. The van der Waals surface area contributed by atoms with Gasteiger partial charge in [-0.1, -0.05) is 6.92 Å². The van der Waals surface area contributed by atoms with Crippen LogP contribution in [0.2, 0.25) is 0 Å². The van der Waals surface area contributed by atoms with Crippen LogP contribution < -0.4 is 4.72 Å². The van der Waals surface area contributed by atoms with Gasteiger partial charge in [-0.15, -0.1) is 11.3 Å². The average molecular weight is 275 g/mol. The van der Waals surface area contributed by atoms with Crippen molar-refractivity contribution in [2.45, 2.75) is 43.0 Å². The van der Waals surface area contributed by atoms with Crippen molar-refractivity contribution in [3.63, 3.8) is 0 Å². The minimum absolute atomic E-state index is 0.0645. The molecule has 0 bridgehead atoms. The Morgan fingerprint density at radius 3 is 2.76 bits per heavy atom. The minimum atomic E-state index is -3.40. The van der Waals surface area contributed by atoms with Crippen LogP contribution in [0.25, 0.3) is 0 Å². The van der Waals surface area contributed by atoms with Crippen LogP contribution in [0.15, 0.2) is 16.3 Å². The van der Waals surface area contributed by atoms with Gasteiger partial charge in [0.2, 0.25) is 10.0 Å². The predicted octanol–water partition coefficient (Wildman–Crippen LogP) is 1.71. The minimum Gasteiger partial charge on any atom is -0.391 e. The van der Waals surface area contributed by atoms with Crippen LogP contribution in [0.5, 0.6) is 0 Å². The summed E-state index contributed by atoms with van der Waals surface area (Å²) in [4.78, 5) is 0.671. The largest absolute Gasteiger partial charge is 0.391 e. The van der Waals surface area contributed by atoms with E-state index in [1.54, 1.807) is 12.1 Å². The molecule has 2 unspecified atom stereocenters. The molecule has 1 aliphatic carbocycles. The number of rotatable bonds is 4. The van der Waals surface area contributed by atoms with E-state index in [0.29, 0.717) is 15.0 Å². The lowest BCUT2D eigenvalue weighted by atomic mass is 10.1. The van der Waals surface area contributed by atoms with E-state index in [9.17, 15) is 8.42 Å². The molecule has 1 heterocycles. The Hall–Kier alpha value is -0.430. The Labute approximate surface area is 106 Å². The molecule has 0 saturated heterocycles. The number of nitrogens with one attached hydrogen (secondary N) is 1. The first kappa shape index (κ1) is 13.0. The lowest BCUT2D eigenvalue weighted by Gasteiger charge is -2.11. The van der Waals surface area contributed by atoms with Crippen molar-refractivity contribution in [2.24, 2.45) is 5.92 Å². The predicted molar refractivity (Wildman–Crippen MR) is 67.4 cm³/mol. The third kappa shape index (κ3) is 3.07. The maximum absolute atomic E-state index is 12.0. The third-order valence-corrected chi connectivity index (χ3v) is 6.16. The highest BCUT2D eigenvalue weighted by Gasteiger charge is 2.27. The molecule has 1 aromatic heterocycles. The number of aliphatic hydroxyl groups is 1. The monoisotopic (exact) mass is 275 g/mol. The summed E-state index contributed by atoms with van der Waals surface area (Å²) in [5, 5.41) is 8.93. The molecule has 96 valence electrons. The second kappa shape index (κ2) is 5.06. The molecular formula is C11H17NO3S2. The van der Waals surface area contributed by atoms with Gasteiger partial charge in [0, 0.05) is 10.9 Å². The maximum Gasteiger partial charge on any atom is 0.250 e. The van der Waals surface area contributed by atoms with Crippen LogP contribution in [-0.4, -0.2) is 19.6 Å². The van der Waals surface area contributed by atoms with Gasteiger partial charge in [0.15, 0.2) is 0 Å². The first-order chi connectivity index (χ1) is 8.01. The van der Waals surface area contributed by atoms with Crippen LogP contribution in [0.4, 0.5) is 0 Å². The first-order valence-corrected chi connectivity index (χ1v) is 8.03. The number of sulfonamides is 1. The Bertz CT molecular complexity index is 481. The van der Waals surface area contributed by atoms with E-state index in [1.165, 1.54) is 0 Å². The molecule has 1 aromatic rings. The summed E-state index contributed by atoms with van der Waals surface area (Å²) in [6.45, 7) is 2.03. The van der Waals surface area contributed by atoms with Gasteiger partial charge >= 0.3 is 0 Å². The van der Waals surface area contributed by atoms with Crippen molar-refractivity contribution < 1.29 is 13.5 Å². The molecule has 6 heteroatoms. The fourth-order valence-electron chi connectivity index (χ4n) is 2.18. The second-order valence-electron chi connectivity index (χ2n) is 4.62. The van der Waals surface area contributed by atoms with Crippen molar-refractivity contribution in [3.8, 4) is 0 Å². The van der Waals surface area contributed by atoms with Gasteiger partial charge in [-0.25, -0.2) is 13.1 Å². The highest BCUT2D eigenvalue weighted by molar-refractivity contribution is 7.91. The quantitative estimate of drug-likeness (QED) is 0.879. The fraction of sp³-hybridized carbons (Fsp3) is 0.636. The van der Waals surface area contributed by atoms with Gasteiger partial charge in [-0.05, 0) is 37.3 Å². The van der Waals surface area contributed by atoms with Crippen molar-refractivity contribution in [1.29, 1.82) is 0 Å². The number of thiophene rings is 1. The fourth-order valence-corrected chi connectivity index (χ4v) is 4.69. The van der Waals surface area contributed by atoms with E-state index in [2.05, 4.69) is 11.6 Å². The Morgan fingerprint density at radius 1 is 1.47 bits per heavy atom.